The van der Waals surface area contributed by atoms with Crippen molar-refractivity contribution in [3.8, 4) is 5.75 Å². The van der Waals surface area contributed by atoms with Crippen molar-refractivity contribution in [1.82, 2.24) is 0 Å². The van der Waals surface area contributed by atoms with Crippen LogP contribution >= 0.6 is 15.9 Å². The third-order valence-electron chi connectivity index (χ3n) is 2.81. The minimum Gasteiger partial charge on any atom is -0.496 e. The van der Waals surface area contributed by atoms with Crippen LogP contribution < -0.4 is 15.8 Å². The smallest absolute Gasteiger partial charge is 0.133 e. The molecule has 0 bridgehead atoms. The van der Waals surface area contributed by atoms with Crippen LogP contribution in [0, 0.1) is 6.92 Å². The van der Waals surface area contributed by atoms with Crippen LogP contribution in [0.3, 0.4) is 0 Å². The molecule has 2 aromatic carbocycles. The number of halogens is 1. The van der Waals surface area contributed by atoms with Gasteiger partial charge in [-0.05, 0) is 58.7 Å². The molecule has 0 unspecified atom stereocenters. The molecule has 0 saturated heterocycles. The van der Waals surface area contributed by atoms with Crippen LogP contribution in [0.2, 0.25) is 0 Å². The number of nitrogens with one attached hydrogen (secondary N) is 1. The zero-order valence-corrected chi connectivity index (χ0v) is 11.9. The predicted molar refractivity (Wildman–Crippen MR) is 79.6 cm³/mol. The Bertz CT molecular complexity index is 570. The van der Waals surface area contributed by atoms with E-state index in [1.165, 1.54) is 0 Å². The van der Waals surface area contributed by atoms with Gasteiger partial charge >= 0.3 is 0 Å². The Morgan fingerprint density at radius 1 is 1.22 bits per heavy atom. The van der Waals surface area contributed by atoms with Crippen molar-refractivity contribution >= 4 is 33.0 Å². The van der Waals surface area contributed by atoms with Crippen LogP contribution in [0.25, 0.3) is 0 Å². The highest BCUT2D eigenvalue weighted by atomic mass is 79.9. The molecular weight excluding hydrogens is 292 g/mol. The molecule has 3 N–H and O–H groups in total. The second-order valence-corrected chi connectivity index (χ2v) is 4.85. The zero-order valence-electron chi connectivity index (χ0n) is 10.3. The van der Waals surface area contributed by atoms with E-state index in [4.69, 9.17) is 10.5 Å². The molecule has 3 nitrogen and oxygen atoms in total. The summed E-state index contributed by atoms with van der Waals surface area (Å²) in [5.74, 6) is 0.810. The first-order valence-corrected chi connectivity index (χ1v) is 6.37. The number of hydrogen-bond donors (Lipinski definition) is 2. The minimum atomic E-state index is 0.785. The Kier molecular flexibility index (Phi) is 3.77. The summed E-state index contributed by atoms with van der Waals surface area (Å²) in [5.41, 5.74) is 9.70. The standard InChI is InChI=1S/C14H15BrN2O/c1-9-12(16)4-3-5-13(9)17-10-6-7-14(18-2)11(15)8-10/h3-8,17H,16H2,1-2H3. The predicted octanol–water partition coefficient (Wildman–Crippen LogP) is 4.09. The Labute approximate surface area is 115 Å². The van der Waals surface area contributed by atoms with Gasteiger partial charge < -0.3 is 15.8 Å². The van der Waals surface area contributed by atoms with Gasteiger partial charge in [-0.15, -0.1) is 0 Å². The highest BCUT2D eigenvalue weighted by molar-refractivity contribution is 9.10. The molecule has 2 aromatic rings. The van der Waals surface area contributed by atoms with E-state index >= 15 is 0 Å². The lowest BCUT2D eigenvalue weighted by Gasteiger charge is -2.12. The second kappa shape index (κ2) is 5.31. The van der Waals surface area contributed by atoms with E-state index in [1.54, 1.807) is 7.11 Å². The van der Waals surface area contributed by atoms with Crippen molar-refractivity contribution in [2.24, 2.45) is 0 Å². The van der Waals surface area contributed by atoms with Gasteiger partial charge in [0.25, 0.3) is 0 Å². The van der Waals surface area contributed by atoms with Crippen molar-refractivity contribution in [3.05, 3.63) is 46.4 Å². The Morgan fingerprint density at radius 3 is 2.67 bits per heavy atom. The molecule has 0 saturated carbocycles. The first-order chi connectivity index (χ1) is 8.61. The average Bonchev–Trinajstić information content (AvgIpc) is 2.35. The molecule has 94 valence electrons. The normalized spacial score (nSPS) is 10.2. The molecule has 0 heterocycles. The van der Waals surface area contributed by atoms with Gasteiger partial charge in [-0.3, -0.25) is 0 Å². The zero-order chi connectivity index (χ0) is 13.1. The lowest BCUT2D eigenvalue weighted by Crippen LogP contribution is -1.97. The van der Waals surface area contributed by atoms with Crippen LogP contribution in [0.15, 0.2) is 40.9 Å². The molecule has 0 aliphatic rings. The fourth-order valence-corrected chi connectivity index (χ4v) is 2.23. The number of ether oxygens (including phenoxy) is 1. The maximum Gasteiger partial charge on any atom is 0.133 e. The van der Waals surface area contributed by atoms with Gasteiger partial charge in [0.05, 0.1) is 11.6 Å². The van der Waals surface area contributed by atoms with Gasteiger partial charge in [-0.1, -0.05) is 6.07 Å². The van der Waals surface area contributed by atoms with Crippen molar-refractivity contribution in [2.45, 2.75) is 6.92 Å². The van der Waals surface area contributed by atoms with Crippen LogP contribution in [0.4, 0.5) is 17.1 Å². The molecule has 0 aromatic heterocycles. The van der Waals surface area contributed by atoms with E-state index in [2.05, 4.69) is 21.2 Å². The number of nitrogen functional groups attached to an aromatic ring is 1. The third kappa shape index (κ3) is 2.59. The molecule has 0 fully saturated rings. The summed E-state index contributed by atoms with van der Waals surface area (Å²) >= 11 is 3.46. The van der Waals surface area contributed by atoms with Crippen molar-refractivity contribution < 1.29 is 4.74 Å². The van der Waals surface area contributed by atoms with E-state index in [9.17, 15) is 0 Å². The lowest BCUT2D eigenvalue weighted by molar-refractivity contribution is 0.412. The van der Waals surface area contributed by atoms with Gasteiger partial charge in [0, 0.05) is 17.1 Å². The fraction of sp³-hybridized carbons (Fsp3) is 0.143. The highest BCUT2D eigenvalue weighted by Crippen LogP contribution is 2.30. The second-order valence-electron chi connectivity index (χ2n) is 3.99. The topological polar surface area (TPSA) is 47.3 Å². The molecular formula is C14H15BrN2O. The molecule has 0 aliphatic carbocycles. The van der Waals surface area contributed by atoms with Gasteiger partial charge in [-0.2, -0.15) is 0 Å². The Hall–Kier alpha value is -1.68. The van der Waals surface area contributed by atoms with Gasteiger partial charge in [0.2, 0.25) is 0 Å². The van der Waals surface area contributed by atoms with Gasteiger partial charge in [-0.25, -0.2) is 0 Å². The summed E-state index contributed by atoms with van der Waals surface area (Å²) < 4.78 is 6.11. The number of rotatable bonds is 3. The number of hydrogen-bond acceptors (Lipinski definition) is 3. The Balaban J connectivity index is 2.29. The largest absolute Gasteiger partial charge is 0.496 e. The summed E-state index contributed by atoms with van der Waals surface area (Å²) in [7, 11) is 1.65. The summed E-state index contributed by atoms with van der Waals surface area (Å²) in [6.07, 6.45) is 0. The minimum absolute atomic E-state index is 0.785. The molecule has 4 heteroatoms. The summed E-state index contributed by atoms with van der Waals surface area (Å²) in [5, 5.41) is 3.34. The first kappa shape index (κ1) is 12.8. The van der Waals surface area contributed by atoms with Crippen LogP contribution in [0.5, 0.6) is 5.75 Å². The molecule has 2 rings (SSSR count). The van der Waals surface area contributed by atoms with Crippen LogP contribution in [0.1, 0.15) is 5.56 Å². The fourth-order valence-electron chi connectivity index (χ4n) is 1.69. The third-order valence-corrected chi connectivity index (χ3v) is 3.43. The molecule has 0 atom stereocenters. The van der Waals surface area contributed by atoms with Crippen LogP contribution in [-0.4, -0.2) is 7.11 Å². The molecule has 0 radical (unpaired) electrons. The first-order valence-electron chi connectivity index (χ1n) is 5.57. The molecule has 0 spiro atoms. The van der Waals surface area contributed by atoms with Crippen molar-refractivity contribution in [2.75, 3.05) is 18.2 Å². The van der Waals surface area contributed by atoms with E-state index < -0.39 is 0 Å². The van der Waals surface area contributed by atoms with E-state index in [0.717, 1.165) is 32.8 Å². The molecule has 18 heavy (non-hydrogen) atoms. The summed E-state index contributed by atoms with van der Waals surface area (Å²) in [6, 6.07) is 11.7. The SMILES string of the molecule is COc1ccc(Nc2cccc(N)c2C)cc1Br. The van der Waals surface area contributed by atoms with Gasteiger partial charge in [0.15, 0.2) is 0 Å². The van der Waals surface area contributed by atoms with Crippen LogP contribution in [-0.2, 0) is 0 Å². The average molecular weight is 307 g/mol. The number of anilines is 3. The number of nitrogens with two attached hydrogens (primary N) is 1. The maximum atomic E-state index is 5.88. The number of methoxy groups -OCH3 is 1. The monoisotopic (exact) mass is 306 g/mol. The molecule has 0 aliphatic heterocycles. The van der Waals surface area contributed by atoms with Crippen molar-refractivity contribution in [3.63, 3.8) is 0 Å². The Morgan fingerprint density at radius 2 is 2.00 bits per heavy atom. The van der Waals surface area contributed by atoms with Crippen molar-refractivity contribution in [1.29, 1.82) is 0 Å². The summed E-state index contributed by atoms with van der Waals surface area (Å²) in [4.78, 5) is 0. The van der Waals surface area contributed by atoms with E-state index in [1.807, 2.05) is 43.3 Å². The number of benzene rings is 2. The van der Waals surface area contributed by atoms with E-state index in [0.29, 0.717) is 0 Å². The lowest BCUT2D eigenvalue weighted by atomic mass is 10.1. The quantitative estimate of drug-likeness (QED) is 0.840. The highest BCUT2D eigenvalue weighted by Gasteiger charge is 2.04. The molecule has 0 amide bonds. The van der Waals surface area contributed by atoms with Gasteiger partial charge in [0.1, 0.15) is 5.75 Å². The summed E-state index contributed by atoms with van der Waals surface area (Å²) in [6.45, 7) is 2.00. The maximum absolute atomic E-state index is 5.88. The van der Waals surface area contributed by atoms with E-state index in [-0.39, 0.29) is 0 Å².